The Kier molecular flexibility index (Phi) is 4.60. The molecule has 0 saturated heterocycles. The van der Waals surface area contributed by atoms with Gasteiger partial charge in [-0.1, -0.05) is 36.4 Å². The van der Waals surface area contributed by atoms with Crippen LogP contribution in [0.2, 0.25) is 0 Å². The average molecular weight is 347 g/mol. The van der Waals surface area contributed by atoms with E-state index in [0.717, 1.165) is 29.2 Å². The fourth-order valence-corrected chi connectivity index (χ4v) is 2.94. The Bertz CT molecular complexity index is 953. The number of nitrogens with one attached hydrogen (secondary N) is 1. The average Bonchev–Trinajstić information content (AvgIpc) is 2.91. The highest BCUT2D eigenvalue weighted by atomic mass is 16.5. The monoisotopic (exact) mass is 347 g/mol. The van der Waals surface area contributed by atoms with Gasteiger partial charge in [0.2, 0.25) is 0 Å². The van der Waals surface area contributed by atoms with Crippen LogP contribution in [0.15, 0.2) is 65.7 Å². The van der Waals surface area contributed by atoms with Crippen molar-refractivity contribution in [2.75, 3.05) is 18.5 Å². The quantitative estimate of drug-likeness (QED) is 0.556. The molecule has 1 heterocycles. The second-order valence-corrected chi connectivity index (χ2v) is 6.22. The molecule has 3 aromatic carbocycles. The zero-order chi connectivity index (χ0) is 17.8. The van der Waals surface area contributed by atoms with Crippen molar-refractivity contribution in [2.45, 2.75) is 13.0 Å². The minimum atomic E-state index is 0.368. The third kappa shape index (κ3) is 3.72. The van der Waals surface area contributed by atoms with E-state index in [4.69, 9.17) is 15.2 Å². The van der Waals surface area contributed by atoms with Crippen molar-refractivity contribution in [2.24, 2.45) is 10.7 Å². The van der Waals surface area contributed by atoms with Crippen molar-refractivity contribution in [3.8, 4) is 11.5 Å². The number of rotatable bonds is 3. The molecule has 0 unspecified atom stereocenters. The molecule has 0 aromatic heterocycles. The van der Waals surface area contributed by atoms with E-state index in [9.17, 15) is 0 Å². The molecule has 0 bridgehead atoms. The van der Waals surface area contributed by atoms with Crippen LogP contribution in [0.1, 0.15) is 12.0 Å². The zero-order valence-corrected chi connectivity index (χ0v) is 14.4. The van der Waals surface area contributed by atoms with Gasteiger partial charge in [0.25, 0.3) is 0 Å². The first-order valence-electron chi connectivity index (χ1n) is 8.72. The van der Waals surface area contributed by atoms with Gasteiger partial charge in [-0.15, -0.1) is 0 Å². The molecule has 1 aliphatic rings. The maximum absolute atomic E-state index is 6.04. The van der Waals surface area contributed by atoms with Crippen LogP contribution < -0.4 is 20.5 Å². The summed E-state index contributed by atoms with van der Waals surface area (Å²) in [5.74, 6) is 1.86. The number of benzene rings is 3. The summed E-state index contributed by atoms with van der Waals surface area (Å²) < 4.78 is 11.3. The van der Waals surface area contributed by atoms with Crippen molar-refractivity contribution in [1.82, 2.24) is 0 Å². The minimum absolute atomic E-state index is 0.368. The summed E-state index contributed by atoms with van der Waals surface area (Å²) in [5.41, 5.74) is 7.99. The van der Waals surface area contributed by atoms with Gasteiger partial charge in [0.15, 0.2) is 17.5 Å². The van der Waals surface area contributed by atoms with Crippen LogP contribution in [-0.2, 0) is 6.54 Å². The number of hydrogen-bond acceptors (Lipinski definition) is 3. The second-order valence-electron chi connectivity index (χ2n) is 6.22. The smallest absolute Gasteiger partial charge is 0.193 e. The number of nitrogens with two attached hydrogens (primary N) is 1. The van der Waals surface area contributed by atoms with Crippen molar-refractivity contribution < 1.29 is 9.47 Å². The number of anilines is 1. The summed E-state index contributed by atoms with van der Waals surface area (Å²) in [5, 5.41) is 5.54. The number of hydrogen-bond donors (Lipinski definition) is 2. The van der Waals surface area contributed by atoms with E-state index in [1.54, 1.807) is 0 Å². The van der Waals surface area contributed by atoms with E-state index in [-0.39, 0.29) is 0 Å². The Hall–Kier alpha value is -3.21. The molecule has 0 fully saturated rings. The maximum atomic E-state index is 6.04. The lowest BCUT2D eigenvalue weighted by Gasteiger charge is -2.11. The maximum Gasteiger partial charge on any atom is 0.193 e. The standard InChI is InChI=1S/C21H21N3O2/c22-21(23-14-15-6-7-16-4-1-2-5-17(16)12-15)24-18-8-9-19-20(13-18)26-11-3-10-25-19/h1-2,4-9,12-13H,3,10-11,14H2,(H3,22,23,24). The molecule has 1 aliphatic heterocycles. The molecule has 0 atom stereocenters. The van der Waals surface area contributed by atoms with E-state index in [2.05, 4.69) is 40.6 Å². The largest absolute Gasteiger partial charge is 0.490 e. The normalized spacial score (nSPS) is 14.1. The SMILES string of the molecule is NC(=NCc1ccc2ccccc2c1)Nc1ccc2c(c1)OCCCO2. The van der Waals surface area contributed by atoms with E-state index in [1.165, 1.54) is 10.8 Å². The molecule has 0 aliphatic carbocycles. The van der Waals surface area contributed by atoms with E-state index in [0.29, 0.717) is 25.7 Å². The van der Waals surface area contributed by atoms with Gasteiger partial charge in [-0.25, -0.2) is 4.99 Å². The fraction of sp³-hybridized carbons (Fsp3) is 0.190. The van der Waals surface area contributed by atoms with E-state index >= 15 is 0 Å². The van der Waals surface area contributed by atoms with Gasteiger partial charge >= 0.3 is 0 Å². The molecular weight excluding hydrogens is 326 g/mol. The first kappa shape index (κ1) is 16.3. The first-order valence-corrected chi connectivity index (χ1v) is 8.72. The minimum Gasteiger partial charge on any atom is -0.490 e. The van der Waals surface area contributed by atoms with Crippen molar-refractivity contribution >= 4 is 22.4 Å². The number of fused-ring (bicyclic) bond motifs is 2. The van der Waals surface area contributed by atoms with E-state index < -0.39 is 0 Å². The fourth-order valence-electron chi connectivity index (χ4n) is 2.94. The predicted octanol–water partition coefficient (Wildman–Crippen LogP) is 3.93. The first-order chi connectivity index (χ1) is 12.8. The Balaban J connectivity index is 1.45. The topological polar surface area (TPSA) is 68.9 Å². The van der Waals surface area contributed by atoms with Gasteiger partial charge < -0.3 is 20.5 Å². The van der Waals surface area contributed by atoms with Gasteiger partial charge in [0.05, 0.1) is 19.8 Å². The highest BCUT2D eigenvalue weighted by Gasteiger charge is 2.10. The molecule has 26 heavy (non-hydrogen) atoms. The lowest BCUT2D eigenvalue weighted by atomic mass is 10.1. The molecule has 0 spiro atoms. The Morgan fingerprint density at radius 3 is 2.62 bits per heavy atom. The van der Waals surface area contributed by atoms with Crippen LogP contribution in [0, 0.1) is 0 Å². The molecule has 0 saturated carbocycles. The lowest BCUT2D eigenvalue weighted by molar-refractivity contribution is 0.297. The van der Waals surface area contributed by atoms with Crippen LogP contribution in [0.25, 0.3) is 10.8 Å². The van der Waals surface area contributed by atoms with Gasteiger partial charge in [0.1, 0.15) is 0 Å². The lowest BCUT2D eigenvalue weighted by Crippen LogP contribution is -2.22. The van der Waals surface area contributed by atoms with Crippen LogP contribution >= 0.6 is 0 Å². The Morgan fingerprint density at radius 2 is 1.73 bits per heavy atom. The highest BCUT2D eigenvalue weighted by Crippen LogP contribution is 2.32. The summed E-state index contributed by atoms with van der Waals surface area (Å²) in [7, 11) is 0. The summed E-state index contributed by atoms with van der Waals surface area (Å²) in [6.45, 7) is 1.85. The molecule has 5 nitrogen and oxygen atoms in total. The molecule has 3 N–H and O–H groups in total. The molecule has 4 rings (SSSR count). The number of nitrogens with zero attached hydrogens (tertiary/aromatic N) is 1. The van der Waals surface area contributed by atoms with Gasteiger partial charge in [-0.05, 0) is 34.5 Å². The molecule has 3 aromatic rings. The molecule has 0 radical (unpaired) electrons. The summed E-state index contributed by atoms with van der Waals surface area (Å²) >= 11 is 0. The summed E-state index contributed by atoms with van der Waals surface area (Å²) in [6.07, 6.45) is 0.882. The molecule has 132 valence electrons. The van der Waals surface area contributed by atoms with Gasteiger partial charge in [-0.2, -0.15) is 0 Å². The van der Waals surface area contributed by atoms with Crippen molar-refractivity contribution in [3.05, 3.63) is 66.2 Å². The van der Waals surface area contributed by atoms with Gasteiger partial charge in [-0.3, -0.25) is 0 Å². The summed E-state index contributed by atoms with van der Waals surface area (Å²) in [4.78, 5) is 4.44. The zero-order valence-electron chi connectivity index (χ0n) is 14.4. The predicted molar refractivity (Wildman–Crippen MR) is 105 cm³/mol. The number of aliphatic imine (C=N–C) groups is 1. The van der Waals surface area contributed by atoms with Crippen LogP contribution in [0.4, 0.5) is 5.69 Å². The van der Waals surface area contributed by atoms with Gasteiger partial charge in [0, 0.05) is 18.2 Å². The van der Waals surface area contributed by atoms with Crippen LogP contribution in [-0.4, -0.2) is 19.2 Å². The van der Waals surface area contributed by atoms with Crippen LogP contribution in [0.5, 0.6) is 11.5 Å². The van der Waals surface area contributed by atoms with Crippen LogP contribution in [0.3, 0.4) is 0 Å². The third-order valence-electron chi connectivity index (χ3n) is 4.27. The van der Waals surface area contributed by atoms with Crippen molar-refractivity contribution in [3.63, 3.8) is 0 Å². The highest BCUT2D eigenvalue weighted by molar-refractivity contribution is 5.92. The third-order valence-corrected chi connectivity index (χ3v) is 4.27. The molecule has 5 heteroatoms. The second kappa shape index (κ2) is 7.35. The summed E-state index contributed by atoms with van der Waals surface area (Å²) in [6, 6.07) is 20.3. The molecular formula is C21H21N3O2. The molecule has 0 amide bonds. The Morgan fingerprint density at radius 1 is 0.923 bits per heavy atom. The number of guanidine groups is 1. The van der Waals surface area contributed by atoms with E-state index in [1.807, 2.05) is 30.3 Å². The number of ether oxygens (including phenoxy) is 2. The van der Waals surface area contributed by atoms with Crippen molar-refractivity contribution in [1.29, 1.82) is 0 Å². The Labute approximate surface area is 152 Å².